The van der Waals surface area contributed by atoms with Gasteiger partial charge in [0, 0.05) is 30.2 Å². The molecule has 0 radical (unpaired) electrons. The molecule has 0 amide bonds. The second kappa shape index (κ2) is 16.2. The summed E-state index contributed by atoms with van der Waals surface area (Å²) in [6.45, 7) is 12.4. The maximum Gasteiger partial charge on any atom is 0.338 e. The highest BCUT2D eigenvalue weighted by Crippen LogP contribution is 2.47. The Bertz CT molecular complexity index is 1680. The summed E-state index contributed by atoms with van der Waals surface area (Å²) in [5.41, 5.74) is 1.04. The van der Waals surface area contributed by atoms with Crippen LogP contribution in [0.3, 0.4) is 0 Å². The Balaban J connectivity index is 1.41. The summed E-state index contributed by atoms with van der Waals surface area (Å²) in [5.74, 6) is -2.60. The minimum absolute atomic E-state index is 0.00416. The zero-order valence-corrected chi connectivity index (χ0v) is 32.6. The first-order valence-corrected chi connectivity index (χ1v) is 19.4. The molecule has 11 atom stereocenters. The van der Waals surface area contributed by atoms with E-state index in [1.165, 1.54) is 7.11 Å². The van der Waals surface area contributed by atoms with Crippen molar-refractivity contribution in [1.29, 1.82) is 0 Å². The van der Waals surface area contributed by atoms with Crippen molar-refractivity contribution in [1.82, 2.24) is 0 Å². The van der Waals surface area contributed by atoms with Crippen LogP contribution in [0.1, 0.15) is 90.4 Å². The number of hydrogen-bond acceptors (Lipinski definition) is 10. The predicted molar refractivity (Wildman–Crippen MR) is 201 cm³/mol. The molecular formula is C42H54ClNO9. The minimum atomic E-state index is -1.78. The summed E-state index contributed by atoms with van der Waals surface area (Å²) in [6.07, 6.45) is 10.7. The lowest BCUT2D eigenvalue weighted by Crippen LogP contribution is -2.57. The largest absolute Gasteiger partial charge is 0.462 e. The van der Waals surface area contributed by atoms with Crippen molar-refractivity contribution in [2.75, 3.05) is 13.7 Å². The van der Waals surface area contributed by atoms with Gasteiger partial charge in [0.25, 0.3) is 0 Å². The molecule has 3 saturated heterocycles. The SMILES string of the molecule is CCC(C)[C@H]1OC2(CC[C@@H]1C)C[C@@H]1C[C@@H](C/C=C(\C)[C@@H](OC(=O)c3ccc(Cl)cc3)[C@@H](C)/C=C/C=C3\CO[C@@H]4/C(=N/OC)C(C)=C[C@@H](C(=O)O1)[C@]34O)O2. The highest BCUT2D eigenvalue weighted by atomic mass is 35.5. The minimum Gasteiger partial charge on any atom is -0.462 e. The molecule has 2 unspecified atom stereocenters. The molecule has 4 heterocycles. The number of oxime groups is 1. The monoisotopic (exact) mass is 751 g/mol. The van der Waals surface area contributed by atoms with E-state index < -0.39 is 47.6 Å². The van der Waals surface area contributed by atoms with Gasteiger partial charge in [-0.05, 0) is 79.5 Å². The molecule has 0 aromatic heterocycles. The highest BCUT2D eigenvalue weighted by molar-refractivity contribution is 6.30. The number of carbonyl (C=O) groups excluding carboxylic acids is 2. The van der Waals surface area contributed by atoms with E-state index in [2.05, 4.69) is 32.0 Å². The quantitative estimate of drug-likeness (QED) is 0.183. The summed E-state index contributed by atoms with van der Waals surface area (Å²) >= 11 is 6.09. The molecule has 0 saturated carbocycles. The summed E-state index contributed by atoms with van der Waals surface area (Å²) in [7, 11) is 1.43. The van der Waals surface area contributed by atoms with Crippen molar-refractivity contribution >= 4 is 29.3 Å². The van der Waals surface area contributed by atoms with E-state index in [1.54, 1.807) is 36.4 Å². The van der Waals surface area contributed by atoms with Crippen molar-refractivity contribution < 1.29 is 43.2 Å². The number of hydrogen-bond donors (Lipinski definition) is 1. The molecule has 53 heavy (non-hydrogen) atoms. The van der Waals surface area contributed by atoms with Gasteiger partial charge in [0.1, 0.15) is 42.7 Å². The number of nitrogens with zero attached hydrogens (tertiary/aromatic N) is 1. The van der Waals surface area contributed by atoms with E-state index in [4.69, 9.17) is 40.1 Å². The molecule has 11 heteroatoms. The van der Waals surface area contributed by atoms with Crippen LogP contribution in [0, 0.1) is 23.7 Å². The lowest BCUT2D eigenvalue weighted by Gasteiger charge is -2.51. The lowest BCUT2D eigenvalue weighted by molar-refractivity contribution is -0.340. The lowest BCUT2D eigenvalue weighted by atomic mass is 9.71. The smallest absolute Gasteiger partial charge is 0.338 e. The maximum atomic E-state index is 14.4. The fourth-order valence-corrected chi connectivity index (χ4v) is 8.72. The van der Waals surface area contributed by atoms with E-state index in [1.807, 2.05) is 32.9 Å². The number of benzene rings is 1. The van der Waals surface area contributed by atoms with Crippen LogP contribution >= 0.6 is 11.6 Å². The molecule has 10 nitrogen and oxygen atoms in total. The first-order valence-electron chi connectivity index (χ1n) is 19.0. The van der Waals surface area contributed by atoms with E-state index in [9.17, 15) is 14.7 Å². The first kappa shape index (κ1) is 39.4. The van der Waals surface area contributed by atoms with Gasteiger partial charge in [-0.15, -0.1) is 0 Å². The molecule has 1 spiro atoms. The Morgan fingerprint density at radius 2 is 1.91 bits per heavy atom. The van der Waals surface area contributed by atoms with Gasteiger partial charge < -0.3 is 33.6 Å². The molecule has 2 bridgehead atoms. The summed E-state index contributed by atoms with van der Waals surface area (Å²) in [5, 5.41) is 17.3. The second-order valence-corrected chi connectivity index (χ2v) is 16.0. The molecule has 6 rings (SSSR count). The Morgan fingerprint density at radius 3 is 2.62 bits per heavy atom. The topological polar surface area (TPSA) is 122 Å². The zero-order chi connectivity index (χ0) is 38.1. The van der Waals surface area contributed by atoms with Crippen LogP contribution in [-0.2, 0) is 33.3 Å². The average Bonchev–Trinajstić information content (AvgIpc) is 3.47. The Labute approximate surface area is 318 Å². The molecule has 1 N–H and O–H groups in total. The molecular weight excluding hydrogens is 698 g/mol. The fraction of sp³-hybridized carbons (Fsp3) is 0.595. The number of esters is 2. The standard InChI is InChI=1S/C42H54ClNO9/c1-8-24(2)37-27(5)18-19-41(53-37)22-33-21-32(52-41)17-12-26(4)36(51-39(45)29-13-15-31(43)16-14-29)25(3)10-9-11-30-23-49-38-35(44-48-7)28(6)20-34(40(46)50-33)42(30,38)47/h9-16,20,24-25,27,32-34,36-38,47H,8,17-19,21-23H2,1-7H3/b10-9+,26-12+,30-11+,44-35+/t24?,25-,27-,32+,33-,34-,36-,37+,38+,41?,42+/m0/s1. The Hall–Kier alpha value is -3.28. The number of allylic oxidation sites excluding steroid dienone is 2. The van der Waals surface area contributed by atoms with Gasteiger partial charge in [-0.25, -0.2) is 4.79 Å². The van der Waals surface area contributed by atoms with E-state index in [-0.39, 0.29) is 24.7 Å². The van der Waals surface area contributed by atoms with Crippen LogP contribution in [0.5, 0.6) is 0 Å². The van der Waals surface area contributed by atoms with Crippen LogP contribution in [0.15, 0.2) is 76.5 Å². The zero-order valence-electron chi connectivity index (χ0n) is 31.9. The number of aliphatic hydroxyl groups is 1. The third kappa shape index (κ3) is 8.08. The molecule has 4 aliphatic heterocycles. The van der Waals surface area contributed by atoms with Crippen LogP contribution in [-0.4, -0.2) is 78.4 Å². The van der Waals surface area contributed by atoms with Crippen molar-refractivity contribution in [3.63, 3.8) is 0 Å². The van der Waals surface area contributed by atoms with E-state index in [0.29, 0.717) is 65.0 Å². The number of fused-ring (bicyclic) bond motifs is 2. The van der Waals surface area contributed by atoms with E-state index >= 15 is 0 Å². The van der Waals surface area contributed by atoms with Crippen molar-refractivity contribution in [2.24, 2.45) is 28.8 Å². The van der Waals surface area contributed by atoms with Gasteiger partial charge in [0.15, 0.2) is 5.79 Å². The third-order valence-corrected chi connectivity index (χ3v) is 12.0. The molecule has 3 fully saturated rings. The van der Waals surface area contributed by atoms with Crippen LogP contribution in [0.4, 0.5) is 0 Å². The fourth-order valence-electron chi connectivity index (χ4n) is 8.59. The van der Waals surface area contributed by atoms with Crippen molar-refractivity contribution in [2.45, 2.75) is 122 Å². The van der Waals surface area contributed by atoms with Gasteiger partial charge in [0.05, 0.1) is 24.4 Å². The van der Waals surface area contributed by atoms with Gasteiger partial charge >= 0.3 is 11.9 Å². The third-order valence-electron chi connectivity index (χ3n) is 11.8. The summed E-state index contributed by atoms with van der Waals surface area (Å²) < 4.78 is 32.6. The molecule has 288 valence electrons. The van der Waals surface area contributed by atoms with Gasteiger partial charge in [-0.3, -0.25) is 4.79 Å². The first-order chi connectivity index (χ1) is 25.3. The Kier molecular flexibility index (Phi) is 12.1. The van der Waals surface area contributed by atoms with Gasteiger partial charge in [-0.1, -0.05) is 81.3 Å². The van der Waals surface area contributed by atoms with Crippen LogP contribution in [0.25, 0.3) is 0 Å². The number of carbonyl (C=O) groups is 2. The Morgan fingerprint density at radius 1 is 1.15 bits per heavy atom. The summed E-state index contributed by atoms with van der Waals surface area (Å²) in [6, 6.07) is 6.62. The van der Waals surface area contributed by atoms with Crippen LogP contribution in [0.2, 0.25) is 5.02 Å². The van der Waals surface area contributed by atoms with Gasteiger partial charge in [0.2, 0.25) is 0 Å². The molecule has 1 aromatic carbocycles. The molecule has 5 aliphatic rings. The van der Waals surface area contributed by atoms with Crippen molar-refractivity contribution in [3.8, 4) is 0 Å². The maximum absolute atomic E-state index is 14.4. The highest BCUT2D eigenvalue weighted by Gasteiger charge is 2.60. The van der Waals surface area contributed by atoms with Crippen molar-refractivity contribution in [3.05, 3.63) is 82.0 Å². The molecule has 1 aromatic rings. The normalized spacial score (nSPS) is 40.1. The number of ether oxygens (including phenoxy) is 5. The number of rotatable bonds is 5. The second-order valence-electron chi connectivity index (χ2n) is 15.6. The molecule has 1 aliphatic carbocycles. The summed E-state index contributed by atoms with van der Waals surface area (Å²) in [4.78, 5) is 32.9. The number of halogens is 1. The van der Waals surface area contributed by atoms with E-state index in [0.717, 1.165) is 18.4 Å². The van der Waals surface area contributed by atoms with Crippen LogP contribution < -0.4 is 0 Å². The predicted octanol–water partition coefficient (Wildman–Crippen LogP) is 7.69. The average molecular weight is 752 g/mol. The van der Waals surface area contributed by atoms with Gasteiger partial charge in [-0.2, -0.15) is 0 Å².